The Morgan fingerprint density at radius 3 is 1.64 bits per heavy atom. The van der Waals surface area contributed by atoms with Crippen molar-refractivity contribution in [3.05, 3.63) is 224 Å². The average molecular weight is 780 g/mol. The van der Waals surface area contributed by atoms with Gasteiger partial charge in [-0.15, -0.1) is 0 Å². The summed E-state index contributed by atoms with van der Waals surface area (Å²) in [6, 6.07) is 80.0. The van der Waals surface area contributed by atoms with Crippen LogP contribution in [-0.4, -0.2) is 0 Å². The highest BCUT2D eigenvalue weighted by molar-refractivity contribution is 6.19. The molecule has 286 valence electrons. The summed E-state index contributed by atoms with van der Waals surface area (Å²) in [5.74, 6) is 0. The third-order valence-electron chi connectivity index (χ3n) is 12.1. The number of furan rings is 2. The van der Waals surface area contributed by atoms with Crippen molar-refractivity contribution in [2.75, 3.05) is 4.90 Å². The smallest absolute Gasteiger partial charge is 0.143 e. The molecule has 0 unspecified atom stereocenters. The van der Waals surface area contributed by atoms with Crippen molar-refractivity contribution < 1.29 is 8.83 Å². The van der Waals surface area contributed by atoms with E-state index >= 15 is 0 Å². The van der Waals surface area contributed by atoms with E-state index in [4.69, 9.17) is 8.83 Å². The van der Waals surface area contributed by atoms with Gasteiger partial charge in [0.15, 0.2) is 0 Å². The molecule has 12 aromatic rings. The number of hydrogen-bond donors (Lipinski definition) is 0. The molecule has 0 N–H and O–H groups in total. The lowest BCUT2D eigenvalue weighted by Gasteiger charge is -2.28. The van der Waals surface area contributed by atoms with Crippen molar-refractivity contribution in [2.45, 2.75) is 0 Å². The minimum absolute atomic E-state index is 0.874. The topological polar surface area (TPSA) is 29.5 Å². The molecule has 0 aliphatic carbocycles. The van der Waals surface area contributed by atoms with Gasteiger partial charge < -0.3 is 13.7 Å². The van der Waals surface area contributed by atoms with E-state index in [0.29, 0.717) is 0 Å². The molecule has 2 heterocycles. The van der Waals surface area contributed by atoms with E-state index in [1.54, 1.807) is 0 Å². The van der Waals surface area contributed by atoms with E-state index in [0.717, 1.165) is 94.1 Å². The molecule has 0 bridgehead atoms. The molecule has 0 atom stereocenters. The molecule has 3 nitrogen and oxygen atoms in total. The molecule has 0 radical (unpaired) electrons. The van der Waals surface area contributed by atoms with Crippen molar-refractivity contribution in [3.8, 4) is 44.5 Å². The van der Waals surface area contributed by atoms with E-state index in [-0.39, 0.29) is 0 Å². The molecule has 12 rings (SSSR count). The van der Waals surface area contributed by atoms with E-state index in [1.807, 2.05) is 12.1 Å². The van der Waals surface area contributed by atoms with Crippen LogP contribution in [0.15, 0.2) is 233 Å². The van der Waals surface area contributed by atoms with Gasteiger partial charge in [0.1, 0.15) is 22.3 Å². The molecule has 2 aromatic heterocycles. The fourth-order valence-electron chi connectivity index (χ4n) is 9.12. The van der Waals surface area contributed by atoms with Gasteiger partial charge in [0.25, 0.3) is 0 Å². The maximum atomic E-state index is 6.67. The second-order valence-electron chi connectivity index (χ2n) is 15.6. The standard InChI is InChI=1S/C58H37NO2/c1-2-12-38(13-3-1)42-15-10-16-43(36-42)39-24-30-45(31-25-39)59(46-32-26-40(27-33-46)44-29-35-55-52(37-44)49-19-7-9-22-54(49)60-55)53-21-8-6-18-48(53)50-20-11-23-56-57(50)51-34-28-41-14-4-5-17-47(41)58(51)61-56/h1-37H. The lowest BCUT2D eigenvalue weighted by Crippen LogP contribution is -2.11. The largest absolute Gasteiger partial charge is 0.456 e. The molecule has 0 saturated heterocycles. The van der Waals surface area contributed by atoms with E-state index < -0.39 is 0 Å². The van der Waals surface area contributed by atoms with Gasteiger partial charge in [-0.3, -0.25) is 0 Å². The molecule has 0 saturated carbocycles. The number of fused-ring (bicyclic) bond motifs is 8. The summed E-state index contributed by atoms with van der Waals surface area (Å²) in [4.78, 5) is 2.38. The Labute approximate surface area is 353 Å². The quantitative estimate of drug-likeness (QED) is 0.161. The molecule has 0 fully saturated rings. The first-order valence-electron chi connectivity index (χ1n) is 20.7. The SMILES string of the molecule is c1ccc(-c2cccc(-c3ccc(N(c4ccc(-c5ccc6oc7ccccc7c6c5)cc4)c4ccccc4-c4cccc5oc6c7ccccc7ccc6c45)cc3)c2)cc1. The number of hydrogen-bond acceptors (Lipinski definition) is 3. The molecular weight excluding hydrogens is 743 g/mol. The van der Waals surface area contributed by atoms with Crippen LogP contribution in [-0.2, 0) is 0 Å². The van der Waals surface area contributed by atoms with Gasteiger partial charge in [-0.2, -0.15) is 0 Å². The first-order chi connectivity index (χ1) is 30.2. The average Bonchev–Trinajstić information content (AvgIpc) is 3.91. The first kappa shape index (κ1) is 34.9. The molecule has 0 amide bonds. The highest BCUT2D eigenvalue weighted by Gasteiger charge is 2.21. The van der Waals surface area contributed by atoms with Crippen molar-refractivity contribution in [1.29, 1.82) is 0 Å². The number of benzene rings is 10. The van der Waals surface area contributed by atoms with E-state index in [2.05, 4.69) is 217 Å². The predicted octanol–water partition coefficient (Wildman–Crippen LogP) is 16.8. The van der Waals surface area contributed by atoms with Gasteiger partial charge in [-0.05, 0) is 111 Å². The second kappa shape index (κ2) is 14.3. The number of nitrogens with zero attached hydrogens (tertiary/aromatic N) is 1. The normalized spacial score (nSPS) is 11.6. The van der Waals surface area contributed by atoms with E-state index in [1.165, 1.54) is 22.1 Å². The van der Waals surface area contributed by atoms with Crippen LogP contribution < -0.4 is 4.90 Å². The Hall–Kier alpha value is -8.14. The van der Waals surface area contributed by atoms with Crippen molar-refractivity contribution >= 4 is 71.7 Å². The summed E-state index contributed by atoms with van der Waals surface area (Å²) in [7, 11) is 0. The van der Waals surface area contributed by atoms with Crippen LogP contribution in [0.5, 0.6) is 0 Å². The summed E-state index contributed by atoms with van der Waals surface area (Å²) in [5.41, 5.74) is 16.0. The highest BCUT2D eigenvalue weighted by atomic mass is 16.3. The van der Waals surface area contributed by atoms with Crippen LogP contribution >= 0.6 is 0 Å². The van der Waals surface area contributed by atoms with Gasteiger partial charge in [-0.25, -0.2) is 0 Å². The fourth-order valence-corrected chi connectivity index (χ4v) is 9.12. The Morgan fingerprint density at radius 1 is 0.295 bits per heavy atom. The molecule has 3 heteroatoms. The minimum Gasteiger partial charge on any atom is -0.456 e. The number of rotatable bonds is 7. The Bertz CT molecular complexity index is 3580. The molecule has 0 aliphatic heterocycles. The summed E-state index contributed by atoms with van der Waals surface area (Å²) in [5, 5.41) is 6.76. The van der Waals surface area contributed by atoms with Crippen LogP contribution in [0, 0.1) is 0 Å². The van der Waals surface area contributed by atoms with Crippen LogP contribution in [0.25, 0.3) is 99.2 Å². The lowest BCUT2D eigenvalue weighted by atomic mass is 9.95. The van der Waals surface area contributed by atoms with Gasteiger partial charge in [-0.1, -0.05) is 158 Å². The van der Waals surface area contributed by atoms with Crippen LogP contribution in [0.4, 0.5) is 17.1 Å². The Kier molecular flexibility index (Phi) is 8.17. The second-order valence-corrected chi connectivity index (χ2v) is 15.6. The zero-order valence-corrected chi connectivity index (χ0v) is 33.1. The minimum atomic E-state index is 0.874. The Balaban J connectivity index is 1.00. The monoisotopic (exact) mass is 779 g/mol. The third-order valence-corrected chi connectivity index (χ3v) is 12.1. The van der Waals surface area contributed by atoms with Crippen molar-refractivity contribution in [2.24, 2.45) is 0 Å². The molecular formula is C58H37NO2. The molecule has 10 aromatic carbocycles. The van der Waals surface area contributed by atoms with Crippen molar-refractivity contribution in [1.82, 2.24) is 0 Å². The summed E-state index contributed by atoms with van der Waals surface area (Å²) >= 11 is 0. The van der Waals surface area contributed by atoms with Gasteiger partial charge in [0.2, 0.25) is 0 Å². The highest BCUT2D eigenvalue weighted by Crippen LogP contribution is 2.46. The third kappa shape index (κ3) is 5.98. The summed E-state index contributed by atoms with van der Waals surface area (Å²) in [6.45, 7) is 0. The van der Waals surface area contributed by atoms with Gasteiger partial charge in [0, 0.05) is 43.9 Å². The lowest BCUT2D eigenvalue weighted by molar-refractivity contribution is 0.669. The van der Waals surface area contributed by atoms with Crippen LogP contribution in [0.2, 0.25) is 0 Å². The maximum Gasteiger partial charge on any atom is 0.143 e. The van der Waals surface area contributed by atoms with Crippen LogP contribution in [0.3, 0.4) is 0 Å². The molecule has 61 heavy (non-hydrogen) atoms. The Morgan fingerprint density at radius 2 is 0.852 bits per heavy atom. The number of para-hydroxylation sites is 2. The zero-order valence-electron chi connectivity index (χ0n) is 33.1. The number of anilines is 3. The molecule has 0 spiro atoms. The predicted molar refractivity (Wildman–Crippen MR) is 255 cm³/mol. The van der Waals surface area contributed by atoms with Gasteiger partial charge >= 0.3 is 0 Å². The van der Waals surface area contributed by atoms with E-state index in [9.17, 15) is 0 Å². The first-order valence-corrected chi connectivity index (χ1v) is 20.7. The molecule has 0 aliphatic rings. The maximum absolute atomic E-state index is 6.67. The van der Waals surface area contributed by atoms with Crippen LogP contribution in [0.1, 0.15) is 0 Å². The summed E-state index contributed by atoms with van der Waals surface area (Å²) in [6.07, 6.45) is 0. The van der Waals surface area contributed by atoms with Gasteiger partial charge in [0.05, 0.1) is 5.69 Å². The summed E-state index contributed by atoms with van der Waals surface area (Å²) < 4.78 is 12.8. The zero-order chi connectivity index (χ0) is 40.3. The van der Waals surface area contributed by atoms with Crippen molar-refractivity contribution in [3.63, 3.8) is 0 Å². The fraction of sp³-hybridized carbons (Fsp3) is 0.